The molecule has 0 aromatic heterocycles. The first-order valence-corrected chi connectivity index (χ1v) is 5.07. The van der Waals surface area contributed by atoms with Crippen LogP contribution in [0.4, 0.5) is 0 Å². The minimum absolute atomic E-state index is 0.327. The Hall–Kier alpha value is -0.330. The van der Waals surface area contributed by atoms with Gasteiger partial charge in [-0.25, -0.2) is 0 Å². The number of carbonyl (C=O) groups is 1. The molecule has 0 N–H and O–H groups in total. The van der Waals surface area contributed by atoms with E-state index in [9.17, 15) is 4.79 Å². The van der Waals surface area contributed by atoms with Gasteiger partial charge < -0.3 is 4.79 Å². The van der Waals surface area contributed by atoms with Gasteiger partial charge in [0.2, 0.25) is 0 Å². The van der Waals surface area contributed by atoms with Crippen LogP contribution in [0.2, 0.25) is 0 Å². The highest BCUT2D eigenvalue weighted by Gasteiger charge is 2.10. The van der Waals surface area contributed by atoms with Gasteiger partial charge in [-0.3, -0.25) is 0 Å². The molecule has 0 saturated heterocycles. The van der Waals surface area contributed by atoms with E-state index in [-0.39, 0.29) is 0 Å². The van der Waals surface area contributed by atoms with Crippen LogP contribution in [0.5, 0.6) is 0 Å². The fraction of sp³-hybridized carbons (Fsp3) is 0.909. The summed E-state index contributed by atoms with van der Waals surface area (Å²) in [6.45, 7) is 8.44. The third-order valence-electron chi connectivity index (χ3n) is 2.57. The SMILES string of the molecule is CCC(CCCC(C)=O)C(C)C. The number of hydrogen-bond donors (Lipinski definition) is 0. The van der Waals surface area contributed by atoms with Crippen molar-refractivity contribution in [1.82, 2.24) is 0 Å². The summed E-state index contributed by atoms with van der Waals surface area (Å²) in [5, 5.41) is 0. The Labute approximate surface area is 76.6 Å². The number of Topliss-reactive ketones (excluding diaryl/α,β-unsaturated/α-hetero) is 1. The molecule has 0 aliphatic heterocycles. The predicted molar refractivity (Wildman–Crippen MR) is 53.2 cm³/mol. The zero-order valence-electron chi connectivity index (χ0n) is 8.89. The molecule has 1 atom stereocenters. The average Bonchev–Trinajstić information content (AvgIpc) is 1.96. The number of hydrogen-bond acceptors (Lipinski definition) is 1. The van der Waals surface area contributed by atoms with Crippen LogP contribution in [0.15, 0.2) is 0 Å². The summed E-state index contributed by atoms with van der Waals surface area (Å²) < 4.78 is 0. The van der Waals surface area contributed by atoms with E-state index >= 15 is 0 Å². The van der Waals surface area contributed by atoms with E-state index < -0.39 is 0 Å². The summed E-state index contributed by atoms with van der Waals surface area (Å²) in [5.41, 5.74) is 0. The van der Waals surface area contributed by atoms with E-state index in [4.69, 9.17) is 0 Å². The molecular formula is C11H22O. The molecule has 72 valence electrons. The molecule has 0 aromatic rings. The lowest BCUT2D eigenvalue weighted by Gasteiger charge is -2.18. The standard InChI is InChI=1S/C11H22O/c1-5-11(9(2)3)8-6-7-10(4)12/h9,11H,5-8H2,1-4H3. The monoisotopic (exact) mass is 170 g/mol. The number of carbonyl (C=O) groups excluding carboxylic acids is 1. The summed E-state index contributed by atoms with van der Waals surface area (Å²) in [6, 6.07) is 0. The molecule has 0 rings (SSSR count). The largest absolute Gasteiger partial charge is 0.300 e. The molecule has 0 aromatic carbocycles. The molecule has 12 heavy (non-hydrogen) atoms. The van der Waals surface area contributed by atoms with Gasteiger partial charge in [0.25, 0.3) is 0 Å². The van der Waals surface area contributed by atoms with E-state index in [0.29, 0.717) is 5.78 Å². The Morgan fingerprint density at radius 2 is 1.92 bits per heavy atom. The maximum Gasteiger partial charge on any atom is 0.129 e. The van der Waals surface area contributed by atoms with Crippen molar-refractivity contribution in [1.29, 1.82) is 0 Å². The average molecular weight is 170 g/mol. The van der Waals surface area contributed by atoms with Crippen LogP contribution < -0.4 is 0 Å². The summed E-state index contributed by atoms with van der Waals surface area (Å²) in [7, 11) is 0. The zero-order chi connectivity index (χ0) is 9.56. The first-order valence-electron chi connectivity index (χ1n) is 5.07. The Bertz CT molecular complexity index is 127. The lowest BCUT2D eigenvalue weighted by molar-refractivity contribution is -0.117. The summed E-state index contributed by atoms with van der Waals surface area (Å²) in [5.74, 6) is 1.90. The van der Waals surface area contributed by atoms with Crippen LogP contribution in [0.25, 0.3) is 0 Å². The van der Waals surface area contributed by atoms with Crippen molar-refractivity contribution in [2.24, 2.45) is 11.8 Å². The van der Waals surface area contributed by atoms with Crippen molar-refractivity contribution in [2.75, 3.05) is 0 Å². The van der Waals surface area contributed by atoms with Crippen LogP contribution in [0, 0.1) is 11.8 Å². The molecule has 0 heterocycles. The highest BCUT2D eigenvalue weighted by molar-refractivity contribution is 5.75. The van der Waals surface area contributed by atoms with Crippen LogP contribution in [-0.4, -0.2) is 5.78 Å². The second-order valence-corrected chi connectivity index (χ2v) is 4.01. The molecule has 0 aliphatic rings. The van der Waals surface area contributed by atoms with Gasteiger partial charge in [0.15, 0.2) is 0 Å². The maximum absolute atomic E-state index is 10.7. The molecule has 1 nitrogen and oxygen atoms in total. The normalized spacial score (nSPS) is 13.4. The fourth-order valence-corrected chi connectivity index (χ4v) is 1.62. The molecule has 0 radical (unpaired) electrons. The van der Waals surface area contributed by atoms with Crippen LogP contribution in [0.1, 0.15) is 53.4 Å². The number of rotatable bonds is 6. The molecule has 1 heteroatoms. The second-order valence-electron chi connectivity index (χ2n) is 4.01. The van der Waals surface area contributed by atoms with Crippen molar-refractivity contribution < 1.29 is 4.79 Å². The van der Waals surface area contributed by atoms with Gasteiger partial charge in [0.05, 0.1) is 0 Å². The Kier molecular flexibility index (Phi) is 6.04. The van der Waals surface area contributed by atoms with Gasteiger partial charge in [-0.2, -0.15) is 0 Å². The maximum atomic E-state index is 10.7. The molecule has 0 spiro atoms. The first-order chi connectivity index (χ1) is 5.57. The van der Waals surface area contributed by atoms with Crippen molar-refractivity contribution in [3.63, 3.8) is 0 Å². The minimum atomic E-state index is 0.327. The van der Waals surface area contributed by atoms with Crippen LogP contribution in [0.3, 0.4) is 0 Å². The zero-order valence-corrected chi connectivity index (χ0v) is 8.89. The number of ketones is 1. The van der Waals surface area contributed by atoms with E-state index in [1.165, 1.54) is 12.8 Å². The summed E-state index contributed by atoms with van der Waals surface area (Å²) in [6.07, 6.45) is 4.30. The topological polar surface area (TPSA) is 17.1 Å². The minimum Gasteiger partial charge on any atom is -0.300 e. The van der Waals surface area contributed by atoms with Crippen molar-refractivity contribution >= 4 is 5.78 Å². The second kappa shape index (κ2) is 6.22. The van der Waals surface area contributed by atoms with Gasteiger partial charge >= 0.3 is 0 Å². The highest BCUT2D eigenvalue weighted by Crippen LogP contribution is 2.21. The summed E-state index contributed by atoms with van der Waals surface area (Å²) in [4.78, 5) is 10.7. The van der Waals surface area contributed by atoms with Crippen molar-refractivity contribution in [3.8, 4) is 0 Å². The van der Waals surface area contributed by atoms with Gasteiger partial charge in [-0.1, -0.05) is 27.2 Å². The van der Waals surface area contributed by atoms with Gasteiger partial charge in [0.1, 0.15) is 5.78 Å². The molecule has 0 fully saturated rings. The molecular weight excluding hydrogens is 148 g/mol. The van der Waals surface area contributed by atoms with Crippen molar-refractivity contribution in [3.05, 3.63) is 0 Å². The lowest BCUT2D eigenvalue weighted by atomic mass is 9.88. The van der Waals surface area contributed by atoms with E-state index in [1.807, 2.05) is 0 Å². The Morgan fingerprint density at radius 3 is 2.25 bits per heavy atom. The third kappa shape index (κ3) is 5.34. The highest BCUT2D eigenvalue weighted by atomic mass is 16.1. The molecule has 0 amide bonds. The summed E-state index contributed by atoms with van der Waals surface area (Å²) >= 11 is 0. The van der Waals surface area contributed by atoms with Crippen molar-refractivity contribution in [2.45, 2.75) is 53.4 Å². The fourth-order valence-electron chi connectivity index (χ4n) is 1.62. The smallest absolute Gasteiger partial charge is 0.129 e. The molecule has 0 bridgehead atoms. The quantitative estimate of drug-likeness (QED) is 0.597. The van der Waals surface area contributed by atoms with Crippen LogP contribution >= 0.6 is 0 Å². The van der Waals surface area contributed by atoms with Crippen LogP contribution in [-0.2, 0) is 4.79 Å². The van der Waals surface area contributed by atoms with Gasteiger partial charge in [-0.15, -0.1) is 0 Å². The molecule has 0 aliphatic carbocycles. The Morgan fingerprint density at radius 1 is 1.33 bits per heavy atom. The van der Waals surface area contributed by atoms with Gasteiger partial charge in [-0.05, 0) is 31.6 Å². The van der Waals surface area contributed by atoms with Gasteiger partial charge in [0, 0.05) is 6.42 Å². The first kappa shape index (κ1) is 11.7. The predicted octanol–water partition coefficient (Wildman–Crippen LogP) is 3.43. The van der Waals surface area contributed by atoms with E-state index in [1.54, 1.807) is 6.92 Å². The molecule has 0 saturated carbocycles. The third-order valence-corrected chi connectivity index (χ3v) is 2.57. The van der Waals surface area contributed by atoms with E-state index in [0.717, 1.165) is 24.7 Å². The molecule has 1 unspecified atom stereocenters. The van der Waals surface area contributed by atoms with E-state index in [2.05, 4.69) is 20.8 Å². The lowest BCUT2D eigenvalue weighted by Crippen LogP contribution is -2.07. The Balaban J connectivity index is 3.51.